The summed E-state index contributed by atoms with van der Waals surface area (Å²) in [7, 11) is 0. The molecule has 2 N–H and O–H groups in total. The molecule has 0 aliphatic heterocycles. The number of carbonyl (C=O) groups excluding carboxylic acids is 2. The highest BCUT2D eigenvalue weighted by Crippen LogP contribution is 2.13. The van der Waals surface area contributed by atoms with E-state index < -0.39 is 11.8 Å². The van der Waals surface area contributed by atoms with Gasteiger partial charge in [0.2, 0.25) is 0 Å². The SMILES string of the molecule is O=C(Nc1ccccc1)C(=Cc1ccco1)NC(=O)c1ccc(Br)cc1. The van der Waals surface area contributed by atoms with Crippen LogP contribution in [0.2, 0.25) is 0 Å². The molecule has 3 rings (SSSR count). The van der Waals surface area contributed by atoms with E-state index >= 15 is 0 Å². The van der Waals surface area contributed by atoms with Gasteiger partial charge in [-0.25, -0.2) is 0 Å². The number of hydrogen-bond acceptors (Lipinski definition) is 3. The van der Waals surface area contributed by atoms with Crippen molar-refractivity contribution in [3.8, 4) is 0 Å². The number of anilines is 1. The van der Waals surface area contributed by atoms with Crippen molar-refractivity contribution in [3.63, 3.8) is 0 Å². The van der Waals surface area contributed by atoms with Gasteiger partial charge in [0.25, 0.3) is 11.8 Å². The van der Waals surface area contributed by atoms with Crippen molar-refractivity contribution >= 4 is 39.5 Å². The van der Waals surface area contributed by atoms with Crippen molar-refractivity contribution < 1.29 is 14.0 Å². The Balaban J connectivity index is 1.82. The second-order valence-electron chi connectivity index (χ2n) is 5.35. The Hall–Kier alpha value is -3.12. The number of halogens is 1. The molecule has 2 amide bonds. The second kappa shape index (κ2) is 8.31. The Morgan fingerprint density at radius 1 is 0.923 bits per heavy atom. The topological polar surface area (TPSA) is 71.3 Å². The minimum atomic E-state index is -0.446. The highest BCUT2D eigenvalue weighted by molar-refractivity contribution is 9.10. The number of furan rings is 1. The maximum absolute atomic E-state index is 12.6. The molecule has 6 heteroatoms. The van der Waals surface area contributed by atoms with Gasteiger partial charge in [-0.2, -0.15) is 0 Å². The minimum Gasteiger partial charge on any atom is -0.465 e. The van der Waals surface area contributed by atoms with Crippen LogP contribution in [0.5, 0.6) is 0 Å². The van der Waals surface area contributed by atoms with Crippen LogP contribution in [0.3, 0.4) is 0 Å². The van der Waals surface area contributed by atoms with Gasteiger partial charge in [0.05, 0.1) is 6.26 Å². The van der Waals surface area contributed by atoms with Gasteiger partial charge in [0.15, 0.2) is 0 Å². The Kier molecular flexibility index (Phi) is 5.66. The van der Waals surface area contributed by atoms with Gasteiger partial charge in [-0.3, -0.25) is 9.59 Å². The van der Waals surface area contributed by atoms with Crippen LogP contribution >= 0.6 is 15.9 Å². The Bertz CT molecular complexity index is 917. The fraction of sp³-hybridized carbons (Fsp3) is 0. The lowest BCUT2D eigenvalue weighted by Crippen LogP contribution is -2.30. The Morgan fingerprint density at radius 3 is 2.31 bits per heavy atom. The minimum absolute atomic E-state index is 0.0803. The van der Waals surface area contributed by atoms with Gasteiger partial charge in [-0.05, 0) is 48.5 Å². The Morgan fingerprint density at radius 2 is 1.65 bits per heavy atom. The predicted octanol–water partition coefficient (Wildman–Crippen LogP) is 4.45. The van der Waals surface area contributed by atoms with Crippen LogP contribution in [-0.4, -0.2) is 11.8 Å². The molecule has 3 aromatic rings. The number of nitrogens with one attached hydrogen (secondary N) is 2. The molecule has 0 spiro atoms. The third-order valence-corrected chi connectivity index (χ3v) is 3.99. The van der Waals surface area contributed by atoms with Crippen LogP contribution in [0.15, 0.2) is 87.6 Å². The van der Waals surface area contributed by atoms with Crippen LogP contribution < -0.4 is 10.6 Å². The molecule has 5 nitrogen and oxygen atoms in total. The molecule has 0 atom stereocenters. The number of hydrogen-bond donors (Lipinski definition) is 2. The monoisotopic (exact) mass is 410 g/mol. The molecule has 0 aliphatic carbocycles. The lowest BCUT2D eigenvalue weighted by Gasteiger charge is -2.11. The van der Waals surface area contributed by atoms with E-state index in [0.717, 1.165) is 4.47 Å². The van der Waals surface area contributed by atoms with Gasteiger partial charge in [-0.15, -0.1) is 0 Å². The van der Waals surface area contributed by atoms with E-state index in [1.54, 1.807) is 48.5 Å². The first kappa shape index (κ1) is 17.7. The van der Waals surface area contributed by atoms with E-state index in [9.17, 15) is 9.59 Å². The average molecular weight is 411 g/mol. The van der Waals surface area contributed by atoms with E-state index in [4.69, 9.17) is 4.42 Å². The van der Waals surface area contributed by atoms with Gasteiger partial charge in [-0.1, -0.05) is 34.1 Å². The fourth-order valence-electron chi connectivity index (χ4n) is 2.19. The molecular weight excluding hydrogens is 396 g/mol. The lowest BCUT2D eigenvalue weighted by molar-refractivity contribution is -0.113. The van der Waals surface area contributed by atoms with Gasteiger partial charge in [0.1, 0.15) is 11.5 Å². The van der Waals surface area contributed by atoms with E-state index in [1.165, 1.54) is 12.3 Å². The number of rotatable bonds is 5. The summed E-state index contributed by atoms with van der Waals surface area (Å²) in [5, 5.41) is 5.40. The first-order chi connectivity index (χ1) is 12.6. The highest BCUT2D eigenvalue weighted by atomic mass is 79.9. The quantitative estimate of drug-likeness (QED) is 0.610. The molecule has 0 unspecified atom stereocenters. The zero-order valence-corrected chi connectivity index (χ0v) is 15.2. The van der Waals surface area contributed by atoms with E-state index in [1.807, 2.05) is 18.2 Å². The summed E-state index contributed by atoms with van der Waals surface area (Å²) in [5.74, 6) is -0.379. The summed E-state index contributed by atoms with van der Waals surface area (Å²) in [4.78, 5) is 25.1. The molecule has 2 aromatic carbocycles. The van der Waals surface area contributed by atoms with Gasteiger partial charge in [0, 0.05) is 21.8 Å². The average Bonchev–Trinajstić information content (AvgIpc) is 3.15. The molecule has 0 bridgehead atoms. The van der Waals surface area contributed by atoms with Crippen molar-refractivity contribution in [1.29, 1.82) is 0 Å². The van der Waals surface area contributed by atoms with E-state index in [2.05, 4.69) is 26.6 Å². The summed E-state index contributed by atoms with van der Waals surface area (Å²) >= 11 is 3.33. The number of amides is 2. The number of carbonyl (C=O) groups is 2. The molecule has 26 heavy (non-hydrogen) atoms. The normalized spacial score (nSPS) is 11.0. The largest absolute Gasteiger partial charge is 0.465 e. The molecular formula is C20H15BrN2O3. The zero-order valence-electron chi connectivity index (χ0n) is 13.6. The summed E-state index contributed by atoms with van der Waals surface area (Å²) in [6.45, 7) is 0. The van der Waals surface area contributed by atoms with E-state index in [0.29, 0.717) is 17.0 Å². The first-order valence-electron chi connectivity index (χ1n) is 7.80. The molecule has 0 fully saturated rings. The molecule has 0 aliphatic rings. The third kappa shape index (κ3) is 4.70. The van der Waals surface area contributed by atoms with Crippen molar-refractivity contribution in [2.75, 3.05) is 5.32 Å². The summed E-state index contributed by atoms with van der Waals surface area (Å²) in [5.41, 5.74) is 1.14. The maximum Gasteiger partial charge on any atom is 0.272 e. The van der Waals surface area contributed by atoms with Crippen LogP contribution in [0.4, 0.5) is 5.69 Å². The fourth-order valence-corrected chi connectivity index (χ4v) is 2.45. The summed E-state index contributed by atoms with van der Waals surface area (Å²) < 4.78 is 6.12. The zero-order chi connectivity index (χ0) is 18.4. The molecule has 1 heterocycles. The van der Waals surface area contributed by atoms with E-state index in [-0.39, 0.29) is 5.70 Å². The summed E-state index contributed by atoms with van der Waals surface area (Å²) in [6.07, 6.45) is 2.98. The third-order valence-electron chi connectivity index (χ3n) is 3.46. The molecule has 1 aromatic heterocycles. The Labute approximate surface area is 158 Å². The first-order valence-corrected chi connectivity index (χ1v) is 8.59. The number of para-hydroxylation sites is 1. The van der Waals surface area contributed by atoms with Crippen molar-refractivity contribution in [2.45, 2.75) is 0 Å². The van der Waals surface area contributed by atoms with Crippen molar-refractivity contribution in [3.05, 3.63) is 94.5 Å². The van der Waals surface area contributed by atoms with Gasteiger partial charge >= 0.3 is 0 Å². The lowest BCUT2D eigenvalue weighted by atomic mass is 10.2. The van der Waals surface area contributed by atoms with Crippen molar-refractivity contribution in [2.24, 2.45) is 0 Å². The van der Waals surface area contributed by atoms with Crippen LogP contribution in [0.1, 0.15) is 16.1 Å². The van der Waals surface area contributed by atoms with Crippen molar-refractivity contribution in [1.82, 2.24) is 5.32 Å². The van der Waals surface area contributed by atoms with Crippen LogP contribution in [0.25, 0.3) is 6.08 Å². The second-order valence-corrected chi connectivity index (χ2v) is 6.27. The summed E-state index contributed by atoms with van der Waals surface area (Å²) in [6, 6.07) is 19.2. The predicted molar refractivity (Wildman–Crippen MR) is 103 cm³/mol. The van der Waals surface area contributed by atoms with Gasteiger partial charge < -0.3 is 15.1 Å². The molecule has 0 saturated carbocycles. The smallest absolute Gasteiger partial charge is 0.272 e. The standard InChI is InChI=1S/C20H15BrN2O3/c21-15-10-8-14(9-11-15)19(24)23-18(13-17-7-4-12-26-17)20(25)22-16-5-2-1-3-6-16/h1-13H,(H,22,25)(H,23,24). The molecule has 130 valence electrons. The number of benzene rings is 2. The molecule has 0 saturated heterocycles. The van der Waals surface area contributed by atoms with Crippen LogP contribution in [0, 0.1) is 0 Å². The maximum atomic E-state index is 12.6. The molecule has 0 radical (unpaired) electrons. The van der Waals surface area contributed by atoms with Crippen LogP contribution in [-0.2, 0) is 4.79 Å². The highest BCUT2D eigenvalue weighted by Gasteiger charge is 2.15.